The first kappa shape index (κ1) is 28.4. The van der Waals surface area contributed by atoms with Crippen LogP contribution in [0.3, 0.4) is 0 Å². The monoisotopic (exact) mass is 562 g/mol. The van der Waals surface area contributed by atoms with Gasteiger partial charge in [0, 0.05) is 31.3 Å². The summed E-state index contributed by atoms with van der Waals surface area (Å²) in [7, 11) is 1.87. The average molecular weight is 563 g/mol. The predicted octanol–water partition coefficient (Wildman–Crippen LogP) is 2.11. The third kappa shape index (κ3) is 6.63. The molecule has 0 spiro atoms. The second-order valence-corrected chi connectivity index (χ2v) is 10.7. The first-order valence-electron chi connectivity index (χ1n) is 13.9. The number of benzene rings is 2. The van der Waals surface area contributed by atoms with Crippen LogP contribution in [0.2, 0.25) is 0 Å². The summed E-state index contributed by atoms with van der Waals surface area (Å²) < 4.78 is 11.3. The number of carbonyl (C=O) groups is 5. The predicted molar refractivity (Wildman–Crippen MR) is 148 cm³/mol. The number of anilines is 1. The van der Waals surface area contributed by atoms with Crippen molar-refractivity contribution in [2.75, 3.05) is 32.1 Å². The summed E-state index contributed by atoms with van der Waals surface area (Å²) in [6.07, 6.45) is 2.57. The highest BCUT2D eigenvalue weighted by Crippen LogP contribution is 2.35. The number of ether oxygens (including phenoxy) is 2. The number of esters is 1. The van der Waals surface area contributed by atoms with Crippen LogP contribution in [0.4, 0.5) is 5.69 Å². The van der Waals surface area contributed by atoms with Crippen LogP contribution in [0.1, 0.15) is 58.4 Å². The van der Waals surface area contributed by atoms with Crippen molar-refractivity contribution in [3.63, 3.8) is 0 Å². The highest BCUT2D eigenvalue weighted by Gasteiger charge is 2.46. The van der Waals surface area contributed by atoms with Gasteiger partial charge in [-0.25, -0.2) is 0 Å². The normalized spacial score (nSPS) is 21.9. The minimum absolute atomic E-state index is 0.0793. The molecule has 2 N–H and O–H groups in total. The molecular formula is C30H34N4O7. The Morgan fingerprint density at radius 3 is 2.59 bits per heavy atom. The highest BCUT2D eigenvalue weighted by atomic mass is 16.5. The van der Waals surface area contributed by atoms with Gasteiger partial charge in [-0.3, -0.25) is 39.1 Å². The Morgan fingerprint density at radius 1 is 1.05 bits per heavy atom. The molecule has 1 saturated heterocycles. The Morgan fingerprint density at radius 2 is 1.83 bits per heavy atom. The number of fused-ring (bicyclic) bond motifs is 1. The molecule has 0 aromatic heterocycles. The van der Waals surface area contributed by atoms with Crippen LogP contribution < -0.4 is 10.6 Å². The largest absolute Gasteiger partial charge is 0.460 e. The molecule has 1 aliphatic carbocycles. The smallest absolute Gasteiger partial charge is 0.320 e. The molecule has 2 heterocycles. The zero-order chi connectivity index (χ0) is 28.9. The molecule has 2 aliphatic heterocycles. The van der Waals surface area contributed by atoms with Crippen molar-refractivity contribution >= 4 is 35.3 Å². The first-order valence-corrected chi connectivity index (χ1v) is 13.9. The van der Waals surface area contributed by atoms with E-state index < -0.39 is 29.7 Å². The Kier molecular flexibility index (Phi) is 8.75. The van der Waals surface area contributed by atoms with E-state index in [0.29, 0.717) is 18.8 Å². The van der Waals surface area contributed by atoms with Crippen molar-refractivity contribution in [2.45, 2.75) is 56.9 Å². The molecule has 1 saturated carbocycles. The third-order valence-corrected chi connectivity index (χ3v) is 7.60. The van der Waals surface area contributed by atoms with Crippen molar-refractivity contribution in [1.29, 1.82) is 0 Å². The molecule has 3 aliphatic rings. The van der Waals surface area contributed by atoms with Crippen molar-refractivity contribution in [1.82, 2.24) is 15.1 Å². The van der Waals surface area contributed by atoms with Crippen LogP contribution >= 0.6 is 0 Å². The van der Waals surface area contributed by atoms with Crippen LogP contribution in [0.15, 0.2) is 48.5 Å². The van der Waals surface area contributed by atoms with Gasteiger partial charge in [0.25, 0.3) is 11.8 Å². The number of piperidine rings is 1. The van der Waals surface area contributed by atoms with Crippen LogP contribution in [0.25, 0.3) is 0 Å². The molecule has 2 fully saturated rings. The maximum Gasteiger partial charge on any atom is 0.320 e. The molecule has 1 atom stereocenters. The molecule has 5 rings (SSSR count). The van der Waals surface area contributed by atoms with Gasteiger partial charge in [0.15, 0.2) is 0 Å². The lowest BCUT2D eigenvalue weighted by Gasteiger charge is -2.36. The second kappa shape index (κ2) is 12.6. The molecule has 0 radical (unpaired) electrons. The van der Waals surface area contributed by atoms with E-state index in [2.05, 4.69) is 10.6 Å². The molecule has 2 aromatic rings. The molecule has 11 nitrogen and oxygen atoms in total. The van der Waals surface area contributed by atoms with Crippen molar-refractivity contribution in [3.05, 3.63) is 65.2 Å². The number of carbonyl (C=O) groups excluding carboxylic acids is 5. The van der Waals surface area contributed by atoms with E-state index >= 15 is 0 Å². The van der Waals surface area contributed by atoms with E-state index in [1.165, 1.54) is 0 Å². The Labute approximate surface area is 238 Å². The number of nitrogens with one attached hydrogen (secondary N) is 2. The summed E-state index contributed by atoms with van der Waals surface area (Å²) in [4.78, 5) is 65.1. The fourth-order valence-electron chi connectivity index (χ4n) is 5.34. The van der Waals surface area contributed by atoms with Gasteiger partial charge in [-0.15, -0.1) is 0 Å². The Hall–Kier alpha value is -4.09. The lowest BCUT2D eigenvalue weighted by Crippen LogP contribution is -2.54. The van der Waals surface area contributed by atoms with Crippen LogP contribution in [0, 0.1) is 0 Å². The Balaban J connectivity index is 1.02. The van der Waals surface area contributed by atoms with Gasteiger partial charge in [-0.1, -0.05) is 36.4 Å². The van der Waals surface area contributed by atoms with Gasteiger partial charge >= 0.3 is 5.97 Å². The van der Waals surface area contributed by atoms with E-state index in [0.717, 1.165) is 29.7 Å². The molecule has 1 unspecified atom stereocenters. The molecule has 41 heavy (non-hydrogen) atoms. The summed E-state index contributed by atoms with van der Waals surface area (Å²) in [5.41, 5.74) is 2.03. The number of likely N-dealkylation sites (N-methyl/N-ethyl adjacent to an activating group) is 1. The SMILES string of the molecule is CN(CCCOC1CC(Nc2cccc3c2C(=O)N(C2CCC(=O)NC2=O)C3=O)C1)CC(=O)OCc1ccccc1. The Bertz CT molecular complexity index is 1330. The van der Waals surface area contributed by atoms with Crippen molar-refractivity contribution < 1.29 is 33.4 Å². The summed E-state index contributed by atoms with van der Waals surface area (Å²) in [5, 5.41) is 5.57. The fraction of sp³-hybridized carbons (Fsp3) is 0.433. The maximum atomic E-state index is 13.2. The van der Waals surface area contributed by atoms with E-state index in [4.69, 9.17) is 9.47 Å². The number of hydrogen-bond acceptors (Lipinski definition) is 9. The van der Waals surface area contributed by atoms with Gasteiger partial charge in [-0.05, 0) is 50.4 Å². The topological polar surface area (TPSA) is 134 Å². The quantitative estimate of drug-likeness (QED) is 0.227. The van der Waals surface area contributed by atoms with Gasteiger partial charge < -0.3 is 14.8 Å². The summed E-state index contributed by atoms with van der Waals surface area (Å²) in [5.74, 6) is -2.34. The maximum absolute atomic E-state index is 13.2. The number of hydrogen-bond donors (Lipinski definition) is 2. The van der Waals surface area contributed by atoms with E-state index in [1.807, 2.05) is 42.3 Å². The van der Waals surface area contributed by atoms with Gasteiger partial charge in [0.05, 0.1) is 23.8 Å². The van der Waals surface area contributed by atoms with Crippen molar-refractivity contribution in [3.8, 4) is 0 Å². The first-order chi connectivity index (χ1) is 19.8. The third-order valence-electron chi connectivity index (χ3n) is 7.60. The lowest BCUT2D eigenvalue weighted by molar-refractivity contribution is -0.146. The molecule has 2 aromatic carbocycles. The van der Waals surface area contributed by atoms with Gasteiger partial charge in [0.2, 0.25) is 11.8 Å². The summed E-state index contributed by atoms with van der Waals surface area (Å²) in [6.45, 7) is 1.74. The zero-order valence-corrected chi connectivity index (χ0v) is 23.0. The number of nitrogens with zero attached hydrogens (tertiary/aromatic N) is 2. The summed E-state index contributed by atoms with van der Waals surface area (Å²) in [6, 6.07) is 13.7. The highest BCUT2D eigenvalue weighted by molar-refractivity contribution is 6.25. The molecule has 0 bridgehead atoms. The van der Waals surface area contributed by atoms with Gasteiger partial charge in [-0.2, -0.15) is 0 Å². The minimum Gasteiger partial charge on any atom is -0.460 e. The number of amides is 4. The van der Waals surface area contributed by atoms with E-state index in [-0.39, 0.29) is 55.2 Å². The van der Waals surface area contributed by atoms with Crippen molar-refractivity contribution in [2.24, 2.45) is 0 Å². The molecular weight excluding hydrogens is 528 g/mol. The van der Waals surface area contributed by atoms with Crippen LogP contribution in [-0.2, 0) is 30.5 Å². The fourth-order valence-corrected chi connectivity index (χ4v) is 5.34. The summed E-state index contributed by atoms with van der Waals surface area (Å²) >= 11 is 0. The number of imide groups is 2. The standard InChI is InChI=1S/C30H34N4O7/c1-33(17-26(36)41-18-19-7-3-2-4-8-19)13-6-14-40-21-15-20(16-21)31-23-10-5-9-22-27(23)30(39)34(29(22)38)24-11-12-25(35)32-28(24)37/h2-5,7-10,20-21,24,31H,6,11-18H2,1H3,(H,32,35,37). The zero-order valence-electron chi connectivity index (χ0n) is 23.0. The van der Waals surface area contributed by atoms with Gasteiger partial charge in [0.1, 0.15) is 12.6 Å². The van der Waals surface area contributed by atoms with Crippen LogP contribution in [-0.4, -0.2) is 84.3 Å². The number of rotatable bonds is 12. The van der Waals surface area contributed by atoms with Crippen LogP contribution in [0.5, 0.6) is 0 Å². The van der Waals surface area contributed by atoms with E-state index in [9.17, 15) is 24.0 Å². The lowest BCUT2D eigenvalue weighted by atomic mass is 9.88. The molecule has 4 amide bonds. The van der Waals surface area contributed by atoms with E-state index in [1.54, 1.807) is 18.2 Å². The second-order valence-electron chi connectivity index (χ2n) is 10.7. The molecule has 11 heteroatoms. The average Bonchev–Trinajstić information content (AvgIpc) is 3.19. The minimum atomic E-state index is -0.992. The molecule has 216 valence electrons.